The van der Waals surface area contributed by atoms with E-state index in [9.17, 15) is 9.59 Å². The number of aliphatic carboxylic acids is 1. The van der Waals surface area contributed by atoms with Crippen LogP contribution in [0.5, 0.6) is 0 Å². The molecule has 2 N–H and O–H groups in total. The highest BCUT2D eigenvalue weighted by Crippen LogP contribution is 2.06. The summed E-state index contributed by atoms with van der Waals surface area (Å²) in [5.74, 6) is -1.34. The van der Waals surface area contributed by atoms with Gasteiger partial charge in [-0.25, -0.2) is 4.79 Å². The first-order valence-electron chi connectivity index (χ1n) is 5.80. The Labute approximate surface area is 114 Å². The van der Waals surface area contributed by atoms with Crippen LogP contribution in [0.15, 0.2) is 47.5 Å². The molecule has 0 saturated heterocycles. The van der Waals surface area contributed by atoms with E-state index in [0.29, 0.717) is 17.7 Å². The van der Waals surface area contributed by atoms with Crippen LogP contribution in [-0.4, -0.2) is 22.0 Å². The van der Waals surface area contributed by atoms with E-state index in [-0.39, 0.29) is 5.91 Å². The summed E-state index contributed by atoms with van der Waals surface area (Å²) >= 11 is 0. The standard InChI is InChI=1S/C14H12N2O4/c17-13(18)2-1-10-5-12(8-15-6-10)14(19)16-7-11-3-4-20-9-11/h1-6,8-9H,7H2,(H,16,19)(H,17,18)/b2-1+. The molecule has 0 spiro atoms. The second-order valence-electron chi connectivity index (χ2n) is 3.99. The zero-order chi connectivity index (χ0) is 14.4. The van der Waals surface area contributed by atoms with Crippen LogP contribution < -0.4 is 5.32 Å². The minimum absolute atomic E-state index is 0.288. The molecule has 0 aromatic carbocycles. The normalized spacial score (nSPS) is 10.6. The van der Waals surface area contributed by atoms with Crippen molar-refractivity contribution in [1.29, 1.82) is 0 Å². The number of carboxylic acids is 1. The third-order valence-corrected chi connectivity index (χ3v) is 2.47. The predicted molar refractivity (Wildman–Crippen MR) is 70.8 cm³/mol. The third-order valence-electron chi connectivity index (χ3n) is 2.47. The average Bonchev–Trinajstić information content (AvgIpc) is 2.96. The van der Waals surface area contributed by atoms with Gasteiger partial charge in [-0.15, -0.1) is 0 Å². The molecule has 0 aliphatic rings. The van der Waals surface area contributed by atoms with Gasteiger partial charge in [-0.05, 0) is 23.8 Å². The molecule has 6 nitrogen and oxygen atoms in total. The number of pyridine rings is 1. The van der Waals surface area contributed by atoms with Crippen molar-refractivity contribution in [3.8, 4) is 0 Å². The summed E-state index contributed by atoms with van der Waals surface area (Å²) in [6.45, 7) is 0.352. The van der Waals surface area contributed by atoms with Gasteiger partial charge in [0, 0.05) is 30.6 Å². The summed E-state index contributed by atoms with van der Waals surface area (Å²) in [4.78, 5) is 26.2. The quantitative estimate of drug-likeness (QED) is 0.808. The van der Waals surface area contributed by atoms with Gasteiger partial charge in [0.05, 0.1) is 18.1 Å². The lowest BCUT2D eigenvalue weighted by molar-refractivity contribution is -0.131. The Hall–Kier alpha value is -2.89. The lowest BCUT2D eigenvalue weighted by Crippen LogP contribution is -2.22. The summed E-state index contributed by atoms with van der Waals surface area (Å²) in [5.41, 5.74) is 1.76. The van der Waals surface area contributed by atoms with Crippen LogP contribution in [0.4, 0.5) is 0 Å². The lowest BCUT2D eigenvalue weighted by Gasteiger charge is -2.03. The molecule has 0 atom stereocenters. The van der Waals surface area contributed by atoms with Crippen molar-refractivity contribution in [2.75, 3.05) is 0 Å². The number of hydrogen-bond acceptors (Lipinski definition) is 4. The maximum Gasteiger partial charge on any atom is 0.328 e. The molecule has 2 aromatic heterocycles. The summed E-state index contributed by atoms with van der Waals surface area (Å²) in [6.07, 6.45) is 8.34. The highest BCUT2D eigenvalue weighted by molar-refractivity contribution is 5.94. The molecule has 0 unspecified atom stereocenters. The van der Waals surface area contributed by atoms with Gasteiger partial charge in [0.15, 0.2) is 0 Å². The first-order valence-corrected chi connectivity index (χ1v) is 5.80. The van der Waals surface area contributed by atoms with E-state index >= 15 is 0 Å². The number of furan rings is 1. The molecule has 2 heterocycles. The van der Waals surface area contributed by atoms with Crippen LogP contribution in [0.1, 0.15) is 21.5 Å². The summed E-state index contributed by atoms with van der Waals surface area (Å²) in [7, 11) is 0. The molecule has 1 amide bonds. The number of hydrogen-bond donors (Lipinski definition) is 2. The van der Waals surface area contributed by atoms with Crippen molar-refractivity contribution >= 4 is 18.0 Å². The number of amides is 1. The van der Waals surface area contributed by atoms with E-state index < -0.39 is 5.97 Å². The van der Waals surface area contributed by atoms with Crippen molar-refractivity contribution in [2.45, 2.75) is 6.54 Å². The second-order valence-corrected chi connectivity index (χ2v) is 3.99. The maximum absolute atomic E-state index is 11.9. The molecule has 0 saturated carbocycles. The topological polar surface area (TPSA) is 92.4 Å². The highest BCUT2D eigenvalue weighted by atomic mass is 16.4. The summed E-state index contributed by atoms with van der Waals surface area (Å²) in [6, 6.07) is 3.32. The Morgan fingerprint density at radius 1 is 1.40 bits per heavy atom. The molecule has 0 aliphatic heterocycles. The van der Waals surface area contributed by atoms with Crippen LogP contribution >= 0.6 is 0 Å². The van der Waals surface area contributed by atoms with Crippen molar-refractivity contribution in [2.24, 2.45) is 0 Å². The van der Waals surface area contributed by atoms with Crippen molar-refractivity contribution in [3.05, 3.63) is 59.8 Å². The summed E-state index contributed by atoms with van der Waals surface area (Å²) in [5, 5.41) is 11.3. The third kappa shape index (κ3) is 3.81. The molecule has 102 valence electrons. The van der Waals surface area contributed by atoms with Gasteiger partial charge in [0.2, 0.25) is 0 Å². The predicted octanol–water partition coefficient (Wildman–Crippen LogP) is 1.70. The first-order chi connectivity index (χ1) is 9.65. The van der Waals surface area contributed by atoms with Crippen LogP contribution in [-0.2, 0) is 11.3 Å². The molecule has 2 aromatic rings. The number of nitrogens with zero attached hydrogens (tertiary/aromatic N) is 1. The van der Waals surface area contributed by atoms with Gasteiger partial charge in [0.25, 0.3) is 5.91 Å². The van der Waals surface area contributed by atoms with E-state index in [1.54, 1.807) is 18.4 Å². The highest BCUT2D eigenvalue weighted by Gasteiger charge is 2.06. The zero-order valence-corrected chi connectivity index (χ0v) is 10.4. The van der Waals surface area contributed by atoms with Gasteiger partial charge in [-0.1, -0.05) is 0 Å². The largest absolute Gasteiger partial charge is 0.478 e. The molecular weight excluding hydrogens is 260 g/mol. The summed E-state index contributed by atoms with van der Waals surface area (Å²) < 4.78 is 4.90. The van der Waals surface area contributed by atoms with Crippen molar-refractivity contribution in [3.63, 3.8) is 0 Å². The zero-order valence-electron chi connectivity index (χ0n) is 10.4. The average molecular weight is 272 g/mol. The van der Waals surface area contributed by atoms with Crippen LogP contribution in [0.3, 0.4) is 0 Å². The first kappa shape index (κ1) is 13.5. The van der Waals surface area contributed by atoms with Gasteiger partial charge in [0.1, 0.15) is 0 Å². The molecule has 0 fully saturated rings. The van der Waals surface area contributed by atoms with Gasteiger partial charge < -0.3 is 14.8 Å². The second kappa shape index (κ2) is 6.33. The fourth-order valence-electron chi connectivity index (χ4n) is 1.52. The molecular formula is C14H12N2O4. The Balaban J connectivity index is 2.02. The van der Waals surface area contributed by atoms with Gasteiger partial charge in [-0.2, -0.15) is 0 Å². The fraction of sp³-hybridized carbons (Fsp3) is 0.0714. The van der Waals surface area contributed by atoms with Gasteiger partial charge in [-0.3, -0.25) is 9.78 Å². The number of carboxylic acid groups (broad SMARTS) is 1. The van der Waals surface area contributed by atoms with E-state index in [1.807, 2.05) is 0 Å². The minimum Gasteiger partial charge on any atom is -0.478 e. The van der Waals surface area contributed by atoms with E-state index in [0.717, 1.165) is 11.6 Å². The van der Waals surface area contributed by atoms with Crippen molar-refractivity contribution in [1.82, 2.24) is 10.3 Å². The maximum atomic E-state index is 11.9. The Morgan fingerprint density at radius 3 is 2.95 bits per heavy atom. The van der Waals surface area contributed by atoms with Crippen LogP contribution in [0.2, 0.25) is 0 Å². The molecule has 0 radical (unpaired) electrons. The molecule has 6 heteroatoms. The number of nitrogens with one attached hydrogen (secondary N) is 1. The SMILES string of the molecule is O=C(O)/C=C/c1cncc(C(=O)NCc2ccoc2)c1. The number of carbonyl (C=O) groups excluding carboxylic acids is 1. The van der Waals surface area contributed by atoms with E-state index in [2.05, 4.69) is 10.3 Å². The van der Waals surface area contributed by atoms with Crippen LogP contribution in [0.25, 0.3) is 6.08 Å². The van der Waals surface area contributed by atoms with E-state index in [4.69, 9.17) is 9.52 Å². The molecule has 0 bridgehead atoms. The van der Waals surface area contributed by atoms with Crippen LogP contribution in [0, 0.1) is 0 Å². The smallest absolute Gasteiger partial charge is 0.328 e. The molecule has 0 aliphatic carbocycles. The monoisotopic (exact) mass is 272 g/mol. The Morgan fingerprint density at radius 2 is 2.25 bits per heavy atom. The number of rotatable bonds is 5. The lowest BCUT2D eigenvalue weighted by atomic mass is 10.2. The number of aromatic nitrogens is 1. The molecule has 2 rings (SSSR count). The minimum atomic E-state index is -1.06. The fourth-order valence-corrected chi connectivity index (χ4v) is 1.52. The van der Waals surface area contributed by atoms with Gasteiger partial charge >= 0.3 is 5.97 Å². The molecule has 20 heavy (non-hydrogen) atoms. The Bertz CT molecular complexity index is 632. The Kier molecular flexibility index (Phi) is 4.28. The van der Waals surface area contributed by atoms with Crippen molar-refractivity contribution < 1.29 is 19.1 Å². The number of carbonyl (C=O) groups is 2. The van der Waals surface area contributed by atoms with E-state index in [1.165, 1.54) is 24.7 Å².